The summed E-state index contributed by atoms with van der Waals surface area (Å²) in [6, 6.07) is 15.0. The molecule has 2 aromatic carbocycles. The predicted molar refractivity (Wildman–Crippen MR) is 120 cm³/mol. The molecule has 6 heteroatoms. The van der Waals surface area contributed by atoms with Gasteiger partial charge in [-0.15, -0.1) is 11.3 Å². The van der Waals surface area contributed by atoms with Crippen LogP contribution in [0.15, 0.2) is 54.7 Å². The molecule has 0 spiro atoms. The number of benzene rings is 2. The molecule has 0 bridgehead atoms. The predicted octanol–water partition coefficient (Wildman–Crippen LogP) is 6.60. The van der Waals surface area contributed by atoms with Gasteiger partial charge < -0.3 is 4.74 Å². The van der Waals surface area contributed by atoms with Crippen molar-refractivity contribution in [3.05, 3.63) is 75.8 Å². The summed E-state index contributed by atoms with van der Waals surface area (Å²) in [6.07, 6.45) is 7.24. The Labute approximate surface area is 180 Å². The highest BCUT2D eigenvalue weighted by atomic mass is 35.5. The molecule has 1 aromatic heterocycles. The van der Waals surface area contributed by atoms with E-state index in [0.29, 0.717) is 17.3 Å². The van der Waals surface area contributed by atoms with Crippen LogP contribution in [0.25, 0.3) is 0 Å². The van der Waals surface area contributed by atoms with Crippen molar-refractivity contribution in [3.63, 3.8) is 0 Å². The third-order valence-corrected chi connectivity index (χ3v) is 5.61. The number of hydrogen-bond acceptors (Lipinski definition) is 4. The van der Waals surface area contributed by atoms with Crippen LogP contribution >= 0.6 is 22.9 Å². The molecule has 4 nitrogen and oxygen atoms in total. The van der Waals surface area contributed by atoms with E-state index in [2.05, 4.69) is 17.2 Å². The highest BCUT2D eigenvalue weighted by Gasteiger charge is 2.10. The fourth-order valence-electron chi connectivity index (χ4n) is 2.84. The van der Waals surface area contributed by atoms with E-state index in [1.54, 1.807) is 18.3 Å². The van der Waals surface area contributed by atoms with Crippen LogP contribution in [0.3, 0.4) is 0 Å². The van der Waals surface area contributed by atoms with Crippen molar-refractivity contribution in [1.29, 1.82) is 0 Å². The number of rotatable bonds is 10. The van der Waals surface area contributed by atoms with Gasteiger partial charge in [-0.2, -0.15) is 0 Å². The SMILES string of the molecule is CCCCCCOc1ccc(C(=O)Nc2ncc(Cc3ccc(Cl)cc3)s2)cc1. The number of hydrogen-bond donors (Lipinski definition) is 1. The number of anilines is 1. The molecular weight excluding hydrogens is 404 g/mol. The van der Waals surface area contributed by atoms with E-state index in [0.717, 1.165) is 34.1 Å². The molecule has 0 radical (unpaired) electrons. The fraction of sp³-hybridized carbons (Fsp3) is 0.304. The molecule has 0 saturated carbocycles. The Bertz CT molecular complexity index is 907. The zero-order chi connectivity index (χ0) is 20.5. The lowest BCUT2D eigenvalue weighted by molar-refractivity contribution is 0.102. The molecule has 1 N–H and O–H groups in total. The van der Waals surface area contributed by atoms with E-state index in [4.69, 9.17) is 16.3 Å². The van der Waals surface area contributed by atoms with E-state index >= 15 is 0 Å². The third-order valence-electron chi connectivity index (χ3n) is 4.45. The number of halogens is 1. The highest BCUT2D eigenvalue weighted by molar-refractivity contribution is 7.15. The molecule has 0 aliphatic rings. The third kappa shape index (κ3) is 6.87. The van der Waals surface area contributed by atoms with E-state index in [1.165, 1.54) is 30.6 Å². The summed E-state index contributed by atoms with van der Waals surface area (Å²) in [5.41, 5.74) is 1.74. The number of thiazole rings is 1. The average molecular weight is 429 g/mol. The second-order valence-corrected chi connectivity index (χ2v) is 8.37. The number of carbonyl (C=O) groups is 1. The van der Waals surface area contributed by atoms with Crippen LogP contribution in [-0.2, 0) is 6.42 Å². The van der Waals surface area contributed by atoms with Crippen LogP contribution in [0.5, 0.6) is 5.75 Å². The zero-order valence-corrected chi connectivity index (χ0v) is 18.1. The summed E-state index contributed by atoms with van der Waals surface area (Å²) in [5.74, 6) is 0.615. The minimum Gasteiger partial charge on any atom is -0.494 e. The van der Waals surface area contributed by atoms with Crippen LogP contribution < -0.4 is 10.1 Å². The van der Waals surface area contributed by atoms with Crippen LogP contribution in [0.4, 0.5) is 5.13 Å². The van der Waals surface area contributed by atoms with Crippen molar-refractivity contribution < 1.29 is 9.53 Å². The van der Waals surface area contributed by atoms with Gasteiger partial charge in [0.1, 0.15) is 5.75 Å². The minimum atomic E-state index is -0.174. The van der Waals surface area contributed by atoms with E-state index < -0.39 is 0 Å². The summed E-state index contributed by atoms with van der Waals surface area (Å²) in [6.45, 7) is 2.90. The standard InChI is InChI=1S/C23H25ClN2O2S/c1-2-3-4-5-14-28-20-12-8-18(9-13-20)22(27)26-23-25-16-21(29-23)15-17-6-10-19(24)11-7-17/h6-13,16H,2-5,14-15H2,1H3,(H,25,26,27). The first-order chi connectivity index (χ1) is 14.1. The van der Waals surface area contributed by atoms with Crippen molar-refractivity contribution in [1.82, 2.24) is 4.98 Å². The number of carbonyl (C=O) groups excluding carboxylic acids is 1. The van der Waals surface area contributed by atoms with Gasteiger partial charge in [-0.25, -0.2) is 4.98 Å². The van der Waals surface area contributed by atoms with Crippen LogP contribution in [0.1, 0.15) is 53.4 Å². The van der Waals surface area contributed by atoms with Crippen molar-refractivity contribution in [2.75, 3.05) is 11.9 Å². The van der Waals surface area contributed by atoms with Gasteiger partial charge >= 0.3 is 0 Å². The Hall–Kier alpha value is -2.37. The molecule has 3 aromatic rings. The van der Waals surface area contributed by atoms with Crippen molar-refractivity contribution >= 4 is 34.0 Å². The first-order valence-corrected chi connectivity index (χ1v) is 11.1. The van der Waals surface area contributed by atoms with Crippen LogP contribution in [0.2, 0.25) is 5.02 Å². The maximum atomic E-state index is 12.5. The smallest absolute Gasteiger partial charge is 0.257 e. The largest absolute Gasteiger partial charge is 0.494 e. The number of nitrogens with one attached hydrogen (secondary N) is 1. The Kier molecular flexibility index (Phi) is 8.08. The fourth-order valence-corrected chi connectivity index (χ4v) is 3.81. The molecule has 1 amide bonds. The van der Waals surface area contributed by atoms with Crippen LogP contribution in [0, 0.1) is 0 Å². The molecule has 152 valence electrons. The Morgan fingerprint density at radius 1 is 1.07 bits per heavy atom. The Balaban J connectivity index is 1.49. The van der Waals surface area contributed by atoms with Gasteiger partial charge in [0.2, 0.25) is 0 Å². The normalized spacial score (nSPS) is 10.7. The van der Waals surface area contributed by atoms with E-state index in [1.807, 2.05) is 36.4 Å². The van der Waals surface area contributed by atoms with Gasteiger partial charge in [0, 0.05) is 28.1 Å². The van der Waals surface area contributed by atoms with E-state index in [-0.39, 0.29) is 5.91 Å². The summed E-state index contributed by atoms with van der Waals surface area (Å²) in [4.78, 5) is 17.9. The maximum Gasteiger partial charge on any atom is 0.257 e. The number of ether oxygens (including phenoxy) is 1. The lowest BCUT2D eigenvalue weighted by Gasteiger charge is -2.07. The molecule has 0 aliphatic heterocycles. The van der Waals surface area contributed by atoms with Crippen LogP contribution in [-0.4, -0.2) is 17.5 Å². The lowest BCUT2D eigenvalue weighted by atomic mass is 10.1. The minimum absolute atomic E-state index is 0.174. The van der Waals surface area contributed by atoms with Crippen molar-refractivity contribution in [3.8, 4) is 5.75 Å². The van der Waals surface area contributed by atoms with Gasteiger partial charge in [-0.3, -0.25) is 10.1 Å². The number of unbranched alkanes of at least 4 members (excludes halogenated alkanes) is 3. The summed E-state index contributed by atoms with van der Waals surface area (Å²) in [5, 5.41) is 4.18. The summed E-state index contributed by atoms with van der Waals surface area (Å²) in [7, 11) is 0. The molecule has 0 atom stereocenters. The molecule has 0 unspecified atom stereocenters. The molecule has 0 aliphatic carbocycles. The first-order valence-electron chi connectivity index (χ1n) is 9.87. The molecule has 29 heavy (non-hydrogen) atoms. The number of nitrogens with zero attached hydrogens (tertiary/aromatic N) is 1. The molecule has 0 fully saturated rings. The molecular formula is C23H25ClN2O2S. The second kappa shape index (κ2) is 11.0. The maximum absolute atomic E-state index is 12.5. The van der Waals surface area contributed by atoms with Crippen molar-refractivity contribution in [2.45, 2.75) is 39.0 Å². The zero-order valence-electron chi connectivity index (χ0n) is 16.5. The second-order valence-electron chi connectivity index (χ2n) is 6.82. The quantitative estimate of drug-likeness (QED) is 0.370. The highest BCUT2D eigenvalue weighted by Crippen LogP contribution is 2.23. The monoisotopic (exact) mass is 428 g/mol. The van der Waals surface area contributed by atoms with Gasteiger partial charge in [0.05, 0.1) is 6.61 Å². The van der Waals surface area contributed by atoms with Crippen molar-refractivity contribution in [2.24, 2.45) is 0 Å². The average Bonchev–Trinajstić information content (AvgIpc) is 3.16. The molecule has 3 rings (SSSR count). The Morgan fingerprint density at radius 2 is 1.83 bits per heavy atom. The van der Waals surface area contributed by atoms with Gasteiger partial charge in [-0.1, -0.05) is 49.9 Å². The first kappa shape index (κ1) is 21.3. The van der Waals surface area contributed by atoms with Gasteiger partial charge in [0.15, 0.2) is 5.13 Å². The van der Waals surface area contributed by atoms with Gasteiger partial charge in [0.25, 0.3) is 5.91 Å². The molecule has 1 heterocycles. The lowest BCUT2D eigenvalue weighted by Crippen LogP contribution is -2.11. The molecule has 0 saturated heterocycles. The van der Waals surface area contributed by atoms with Gasteiger partial charge in [-0.05, 0) is 48.4 Å². The summed E-state index contributed by atoms with van der Waals surface area (Å²) < 4.78 is 5.72. The summed E-state index contributed by atoms with van der Waals surface area (Å²) >= 11 is 7.40. The number of aromatic nitrogens is 1. The number of amides is 1. The topological polar surface area (TPSA) is 51.2 Å². The Morgan fingerprint density at radius 3 is 2.55 bits per heavy atom. The van der Waals surface area contributed by atoms with E-state index in [9.17, 15) is 4.79 Å².